The fourth-order valence-electron chi connectivity index (χ4n) is 4.57. The van der Waals surface area contributed by atoms with Crippen LogP contribution in [0.25, 0.3) is 0 Å². The van der Waals surface area contributed by atoms with Gasteiger partial charge in [0.25, 0.3) is 0 Å². The van der Waals surface area contributed by atoms with Crippen LogP contribution in [-0.4, -0.2) is 23.1 Å². The minimum Gasteiger partial charge on any atom is -0.349 e. The SMILES string of the molecule is CC(=O)NC1(C(C)=O)CC(C(=O)N[C@@H](c2cc(F)cc(F)c2)C2CCCC2)C1. The van der Waals surface area contributed by atoms with E-state index in [1.807, 2.05) is 0 Å². The second kappa shape index (κ2) is 7.97. The lowest BCUT2D eigenvalue weighted by molar-refractivity contribution is -0.142. The van der Waals surface area contributed by atoms with Gasteiger partial charge in [-0.1, -0.05) is 12.8 Å². The number of carbonyl (C=O) groups is 3. The summed E-state index contributed by atoms with van der Waals surface area (Å²) in [7, 11) is 0. The largest absolute Gasteiger partial charge is 0.349 e. The number of hydrogen-bond acceptors (Lipinski definition) is 3. The third kappa shape index (κ3) is 4.23. The second-order valence-electron chi connectivity index (χ2n) is 8.16. The molecule has 0 aliphatic heterocycles. The maximum absolute atomic E-state index is 13.7. The molecule has 2 saturated carbocycles. The van der Waals surface area contributed by atoms with Gasteiger partial charge >= 0.3 is 0 Å². The molecule has 28 heavy (non-hydrogen) atoms. The molecule has 0 unspecified atom stereocenters. The molecule has 0 radical (unpaired) electrons. The Bertz CT molecular complexity index is 764. The normalized spacial score (nSPS) is 25.6. The molecule has 2 aliphatic carbocycles. The molecule has 2 aliphatic rings. The summed E-state index contributed by atoms with van der Waals surface area (Å²) in [5.74, 6) is -2.37. The summed E-state index contributed by atoms with van der Waals surface area (Å²) in [4.78, 5) is 36.2. The van der Waals surface area contributed by atoms with E-state index in [9.17, 15) is 23.2 Å². The van der Waals surface area contributed by atoms with Gasteiger partial charge in [0.1, 0.15) is 11.6 Å². The minimum absolute atomic E-state index is 0.123. The predicted octanol–water partition coefficient (Wildman–Crippen LogP) is 3.19. The zero-order valence-corrected chi connectivity index (χ0v) is 16.2. The van der Waals surface area contributed by atoms with E-state index in [0.29, 0.717) is 5.56 Å². The first kappa shape index (κ1) is 20.4. The highest BCUT2D eigenvalue weighted by atomic mass is 19.1. The number of halogens is 2. The van der Waals surface area contributed by atoms with Crippen LogP contribution >= 0.6 is 0 Å². The van der Waals surface area contributed by atoms with E-state index < -0.39 is 29.1 Å². The Hall–Kier alpha value is -2.31. The number of Topliss-reactive ketones (excluding diaryl/α,β-unsaturated/α-hetero) is 1. The lowest BCUT2D eigenvalue weighted by atomic mass is 9.65. The molecule has 3 rings (SSSR count). The molecule has 152 valence electrons. The zero-order valence-electron chi connectivity index (χ0n) is 16.2. The Morgan fingerprint density at radius 1 is 1.04 bits per heavy atom. The van der Waals surface area contributed by atoms with Crippen molar-refractivity contribution in [3.63, 3.8) is 0 Å². The predicted molar refractivity (Wildman–Crippen MR) is 99.2 cm³/mol. The molecule has 0 heterocycles. The highest BCUT2D eigenvalue weighted by molar-refractivity contribution is 5.94. The van der Waals surface area contributed by atoms with Crippen LogP contribution in [0.3, 0.4) is 0 Å². The molecule has 1 atom stereocenters. The van der Waals surface area contributed by atoms with Gasteiger partial charge in [-0.05, 0) is 56.2 Å². The van der Waals surface area contributed by atoms with Crippen LogP contribution in [0.4, 0.5) is 8.78 Å². The molecule has 0 saturated heterocycles. The van der Waals surface area contributed by atoms with Crippen LogP contribution in [0.15, 0.2) is 18.2 Å². The number of nitrogens with one attached hydrogen (secondary N) is 2. The van der Waals surface area contributed by atoms with E-state index in [0.717, 1.165) is 31.7 Å². The van der Waals surface area contributed by atoms with Crippen LogP contribution in [0.1, 0.15) is 64.0 Å². The molecule has 5 nitrogen and oxygen atoms in total. The summed E-state index contributed by atoms with van der Waals surface area (Å²) in [5, 5.41) is 5.63. The third-order valence-corrected chi connectivity index (χ3v) is 6.06. The van der Waals surface area contributed by atoms with E-state index in [4.69, 9.17) is 0 Å². The van der Waals surface area contributed by atoms with E-state index in [-0.39, 0.29) is 36.4 Å². The standard InChI is InChI=1S/C21H26F2N2O3/c1-12(26)21(25-13(2)27)10-16(11-21)20(28)24-19(14-5-3-4-6-14)15-7-17(22)9-18(23)8-15/h7-9,14,16,19H,3-6,10-11H2,1-2H3,(H,24,28)(H,25,27)/t16?,19-,21?/m1/s1. The zero-order chi connectivity index (χ0) is 20.5. The highest BCUT2D eigenvalue weighted by Crippen LogP contribution is 2.41. The summed E-state index contributed by atoms with van der Waals surface area (Å²) in [5.41, 5.74) is -0.557. The van der Waals surface area contributed by atoms with Crippen LogP contribution < -0.4 is 10.6 Å². The smallest absolute Gasteiger partial charge is 0.223 e. The van der Waals surface area contributed by atoms with Crippen molar-refractivity contribution < 1.29 is 23.2 Å². The van der Waals surface area contributed by atoms with Crippen molar-refractivity contribution in [2.24, 2.45) is 11.8 Å². The van der Waals surface area contributed by atoms with Crippen molar-refractivity contribution in [3.8, 4) is 0 Å². The summed E-state index contributed by atoms with van der Waals surface area (Å²) in [6.07, 6.45) is 4.29. The molecule has 0 spiro atoms. The van der Waals surface area contributed by atoms with Crippen LogP contribution in [0, 0.1) is 23.5 Å². The summed E-state index contributed by atoms with van der Waals surface area (Å²) >= 11 is 0. The van der Waals surface area contributed by atoms with Gasteiger partial charge in [0.15, 0.2) is 5.78 Å². The quantitative estimate of drug-likeness (QED) is 0.781. The number of rotatable bonds is 6. The number of benzene rings is 1. The van der Waals surface area contributed by atoms with E-state index in [1.54, 1.807) is 0 Å². The topological polar surface area (TPSA) is 75.3 Å². The average molecular weight is 392 g/mol. The fourth-order valence-corrected chi connectivity index (χ4v) is 4.57. The maximum atomic E-state index is 13.7. The number of ketones is 1. The highest BCUT2D eigenvalue weighted by Gasteiger charge is 2.51. The Morgan fingerprint density at radius 2 is 1.61 bits per heavy atom. The van der Waals surface area contributed by atoms with E-state index in [2.05, 4.69) is 10.6 Å². The Morgan fingerprint density at radius 3 is 2.11 bits per heavy atom. The van der Waals surface area contributed by atoms with E-state index >= 15 is 0 Å². The average Bonchev–Trinajstić information content (AvgIpc) is 3.07. The van der Waals surface area contributed by atoms with Crippen molar-refractivity contribution in [2.75, 3.05) is 0 Å². The number of hydrogen-bond donors (Lipinski definition) is 2. The van der Waals surface area contributed by atoms with E-state index in [1.165, 1.54) is 26.0 Å². The van der Waals surface area contributed by atoms with Gasteiger partial charge in [0.05, 0.1) is 11.6 Å². The monoisotopic (exact) mass is 392 g/mol. The first-order chi connectivity index (χ1) is 13.2. The second-order valence-corrected chi connectivity index (χ2v) is 8.16. The third-order valence-electron chi connectivity index (χ3n) is 6.06. The van der Waals surface area contributed by atoms with Crippen molar-refractivity contribution >= 4 is 17.6 Å². The lowest BCUT2D eigenvalue weighted by Gasteiger charge is -2.45. The molecular formula is C21H26F2N2O3. The van der Waals surface area contributed by atoms with Crippen molar-refractivity contribution in [1.29, 1.82) is 0 Å². The van der Waals surface area contributed by atoms with Gasteiger partial charge < -0.3 is 10.6 Å². The van der Waals surface area contributed by atoms with Gasteiger partial charge in [-0.2, -0.15) is 0 Å². The molecular weight excluding hydrogens is 366 g/mol. The lowest BCUT2D eigenvalue weighted by Crippen LogP contribution is -2.64. The van der Waals surface area contributed by atoms with Crippen LogP contribution in [0.2, 0.25) is 0 Å². The van der Waals surface area contributed by atoms with Crippen molar-refractivity contribution in [2.45, 2.75) is 64.0 Å². The number of carbonyl (C=O) groups excluding carboxylic acids is 3. The number of amides is 2. The molecule has 7 heteroatoms. The van der Waals surface area contributed by atoms with Gasteiger partial charge in [0.2, 0.25) is 11.8 Å². The Balaban J connectivity index is 1.74. The van der Waals surface area contributed by atoms with Gasteiger partial charge in [-0.3, -0.25) is 14.4 Å². The fraction of sp³-hybridized carbons (Fsp3) is 0.571. The summed E-state index contributed by atoms with van der Waals surface area (Å²) in [6.45, 7) is 2.74. The Kier molecular flexibility index (Phi) is 5.82. The summed E-state index contributed by atoms with van der Waals surface area (Å²) in [6, 6.07) is 2.89. The molecule has 2 N–H and O–H groups in total. The minimum atomic E-state index is -0.984. The molecule has 0 aromatic heterocycles. The molecule has 2 fully saturated rings. The van der Waals surface area contributed by atoms with Gasteiger partial charge in [0, 0.05) is 18.9 Å². The molecule has 0 bridgehead atoms. The van der Waals surface area contributed by atoms with Gasteiger partial charge in [-0.25, -0.2) is 8.78 Å². The van der Waals surface area contributed by atoms with Gasteiger partial charge in [-0.15, -0.1) is 0 Å². The maximum Gasteiger partial charge on any atom is 0.223 e. The first-order valence-corrected chi connectivity index (χ1v) is 9.76. The first-order valence-electron chi connectivity index (χ1n) is 9.76. The summed E-state index contributed by atoms with van der Waals surface area (Å²) < 4.78 is 27.5. The molecule has 2 amide bonds. The van der Waals surface area contributed by atoms with Crippen molar-refractivity contribution in [1.82, 2.24) is 10.6 Å². The van der Waals surface area contributed by atoms with Crippen LogP contribution in [0.5, 0.6) is 0 Å². The van der Waals surface area contributed by atoms with Crippen molar-refractivity contribution in [3.05, 3.63) is 35.4 Å². The Labute approximate surface area is 163 Å². The molecule has 1 aromatic carbocycles. The molecule has 1 aromatic rings. The van der Waals surface area contributed by atoms with Crippen LogP contribution in [-0.2, 0) is 14.4 Å².